The van der Waals surface area contributed by atoms with E-state index >= 15 is 0 Å². The first kappa shape index (κ1) is 15.7. The van der Waals surface area contributed by atoms with Crippen LogP contribution in [-0.2, 0) is 4.79 Å². The van der Waals surface area contributed by atoms with E-state index in [2.05, 4.69) is 15.6 Å². The summed E-state index contributed by atoms with van der Waals surface area (Å²) in [6, 6.07) is 2.90. The molecule has 0 atom stereocenters. The van der Waals surface area contributed by atoms with Crippen LogP contribution in [0.1, 0.15) is 25.7 Å². The molecule has 0 aliphatic heterocycles. The number of aromatic nitrogens is 1. The predicted molar refractivity (Wildman–Crippen MR) is 75.5 cm³/mol. The number of anilines is 1. The van der Waals surface area contributed by atoms with Gasteiger partial charge in [-0.15, -0.1) is 0 Å². The van der Waals surface area contributed by atoms with Crippen LogP contribution < -0.4 is 21.1 Å². The van der Waals surface area contributed by atoms with Gasteiger partial charge in [-0.1, -0.05) is 6.42 Å². The molecule has 1 heterocycles. The van der Waals surface area contributed by atoms with Crippen molar-refractivity contribution in [3.63, 3.8) is 0 Å². The minimum Gasteiger partial charge on any atom is -0.481 e. The molecular weight excluding hydrogens is 260 g/mol. The molecule has 1 aromatic heterocycles. The molecule has 0 saturated heterocycles. The number of amides is 3. The van der Waals surface area contributed by atoms with Gasteiger partial charge >= 0.3 is 6.03 Å². The van der Waals surface area contributed by atoms with E-state index in [-0.39, 0.29) is 5.91 Å². The molecule has 0 aliphatic carbocycles. The van der Waals surface area contributed by atoms with E-state index in [1.165, 1.54) is 7.11 Å². The average Bonchev–Trinajstić information content (AvgIpc) is 2.43. The first-order chi connectivity index (χ1) is 9.61. The number of hydrogen-bond acceptors (Lipinski definition) is 4. The van der Waals surface area contributed by atoms with Gasteiger partial charge in [0, 0.05) is 19.0 Å². The number of urea groups is 1. The Labute approximate surface area is 117 Å². The molecule has 4 N–H and O–H groups in total. The zero-order valence-electron chi connectivity index (χ0n) is 11.5. The molecule has 0 bridgehead atoms. The Balaban J connectivity index is 2.15. The lowest BCUT2D eigenvalue weighted by Crippen LogP contribution is -2.29. The molecule has 0 radical (unpaired) electrons. The van der Waals surface area contributed by atoms with Crippen molar-refractivity contribution in [1.82, 2.24) is 10.3 Å². The van der Waals surface area contributed by atoms with Gasteiger partial charge in [-0.25, -0.2) is 9.78 Å². The van der Waals surface area contributed by atoms with Gasteiger partial charge < -0.3 is 21.1 Å². The highest BCUT2D eigenvalue weighted by atomic mass is 16.5. The first-order valence-electron chi connectivity index (χ1n) is 6.45. The van der Waals surface area contributed by atoms with E-state index < -0.39 is 6.03 Å². The minimum absolute atomic E-state index is 0.0557. The molecule has 7 nitrogen and oxygen atoms in total. The Hall–Kier alpha value is -2.31. The lowest BCUT2D eigenvalue weighted by molar-refractivity contribution is -0.116. The summed E-state index contributed by atoms with van der Waals surface area (Å²) < 4.78 is 4.93. The van der Waals surface area contributed by atoms with Crippen LogP contribution in [0.25, 0.3) is 0 Å². The van der Waals surface area contributed by atoms with Crippen molar-refractivity contribution >= 4 is 17.6 Å². The van der Waals surface area contributed by atoms with Crippen molar-refractivity contribution in [2.24, 2.45) is 5.73 Å². The van der Waals surface area contributed by atoms with Crippen LogP contribution in [0.4, 0.5) is 10.5 Å². The highest BCUT2D eigenvalue weighted by Crippen LogP contribution is 2.11. The molecule has 20 heavy (non-hydrogen) atoms. The topological polar surface area (TPSA) is 106 Å². The average molecular weight is 280 g/mol. The summed E-state index contributed by atoms with van der Waals surface area (Å²) in [4.78, 5) is 26.1. The second-order valence-electron chi connectivity index (χ2n) is 4.24. The Morgan fingerprint density at radius 3 is 2.70 bits per heavy atom. The zero-order chi connectivity index (χ0) is 14.8. The number of methoxy groups -OCH3 is 1. The van der Waals surface area contributed by atoms with Crippen LogP contribution in [0.3, 0.4) is 0 Å². The number of carbonyl (C=O) groups is 2. The molecule has 3 amide bonds. The van der Waals surface area contributed by atoms with Gasteiger partial charge in [0.05, 0.1) is 19.0 Å². The molecule has 0 unspecified atom stereocenters. The Morgan fingerprint density at radius 1 is 1.30 bits per heavy atom. The lowest BCUT2D eigenvalue weighted by Gasteiger charge is -2.06. The van der Waals surface area contributed by atoms with E-state index in [0.29, 0.717) is 24.5 Å². The van der Waals surface area contributed by atoms with Crippen LogP contribution in [0.2, 0.25) is 0 Å². The minimum atomic E-state index is -0.519. The normalized spacial score (nSPS) is 9.85. The molecule has 0 fully saturated rings. The highest BCUT2D eigenvalue weighted by molar-refractivity contribution is 5.90. The molecule has 7 heteroatoms. The molecule has 0 spiro atoms. The van der Waals surface area contributed by atoms with Crippen LogP contribution in [0.15, 0.2) is 18.3 Å². The number of nitrogens with zero attached hydrogens (tertiary/aromatic N) is 1. The van der Waals surface area contributed by atoms with Crippen molar-refractivity contribution in [2.45, 2.75) is 25.7 Å². The van der Waals surface area contributed by atoms with Gasteiger partial charge in [-0.2, -0.15) is 0 Å². The molecule has 110 valence electrons. The summed E-state index contributed by atoms with van der Waals surface area (Å²) in [7, 11) is 1.54. The standard InChI is InChI=1S/C13H20N4O3/c1-20-12-7-6-10(9-16-12)17-11(18)5-3-2-4-8-15-13(14)19/h6-7,9H,2-5,8H2,1H3,(H,17,18)(H3,14,15,19). The van der Waals surface area contributed by atoms with E-state index in [4.69, 9.17) is 10.5 Å². The van der Waals surface area contributed by atoms with Crippen LogP contribution in [-0.4, -0.2) is 30.6 Å². The van der Waals surface area contributed by atoms with Crippen molar-refractivity contribution < 1.29 is 14.3 Å². The Morgan fingerprint density at radius 2 is 2.10 bits per heavy atom. The van der Waals surface area contributed by atoms with Crippen LogP contribution in [0, 0.1) is 0 Å². The molecule has 1 aromatic rings. The van der Waals surface area contributed by atoms with E-state index in [0.717, 1.165) is 19.3 Å². The second-order valence-corrected chi connectivity index (χ2v) is 4.24. The number of rotatable bonds is 8. The van der Waals surface area contributed by atoms with Crippen LogP contribution in [0.5, 0.6) is 5.88 Å². The Kier molecular flexibility index (Phi) is 6.88. The molecule has 0 aliphatic rings. The number of hydrogen-bond donors (Lipinski definition) is 3. The summed E-state index contributed by atoms with van der Waals surface area (Å²) in [6.45, 7) is 0.541. The fourth-order valence-electron chi connectivity index (χ4n) is 1.60. The number of primary amides is 1. The third kappa shape index (κ3) is 6.58. The predicted octanol–water partition coefficient (Wildman–Crippen LogP) is 1.26. The number of nitrogens with one attached hydrogen (secondary N) is 2. The lowest BCUT2D eigenvalue weighted by atomic mass is 10.2. The molecule has 0 saturated carbocycles. The summed E-state index contributed by atoms with van der Waals surface area (Å²) >= 11 is 0. The number of pyridine rings is 1. The fourth-order valence-corrected chi connectivity index (χ4v) is 1.60. The van der Waals surface area contributed by atoms with Gasteiger partial charge in [0.15, 0.2) is 0 Å². The maximum Gasteiger partial charge on any atom is 0.312 e. The van der Waals surface area contributed by atoms with E-state index in [9.17, 15) is 9.59 Å². The third-order valence-corrected chi connectivity index (χ3v) is 2.61. The SMILES string of the molecule is COc1ccc(NC(=O)CCCCCNC(N)=O)cn1. The number of nitrogens with two attached hydrogens (primary N) is 1. The maximum atomic E-state index is 11.6. The fraction of sp³-hybridized carbons (Fsp3) is 0.462. The van der Waals surface area contributed by atoms with Gasteiger partial charge in [0.1, 0.15) is 0 Å². The monoisotopic (exact) mass is 280 g/mol. The van der Waals surface area contributed by atoms with Gasteiger partial charge in [0.2, 0.25) is 11.8 Å². The number of carbonyl (C=O) groups excluding carboxylic acids is 2. The quantitative estimate of drug-likeness (QED) is 0.623. The molecule has 1 rings (SSSR count). The van der Waals surface area contributed by atoms with Crippen molar-refractivity contribution in [1.29, 1.82) is 0 Å². The second kappa shape index (κ2) is 8.73. The largest absolute Gasteiger partial charge is 0.481 e. The first-order valence-corrected chi connectivity index (χ1v) is 6.45. The van der Waals surface area contributed by atoms with Gasteiger partial charge in [0.25, 0.3) is 0 Å². The van der Waals surface area contributed by atoms with Gasteiger partial charge in [-0.05, 0) is 18.9 Å². The summed E-state index contributed by atoms with van der Waals surface area (Å²) in [5, 5.41) is 5.26. The zero-order valence-corrected chi connectivity index (χ0v) is 11.5. The Bertz CT molecular complexity index is 434. The van der Waals surface area contributed by atoms with Crippen molar-refractivity contribution in [2.75, 3.05) is 19.0 Å². The number of unbranched alkanes of at least 4 members (excludes halogenated alkanes) is 2. The molecule has 0 aromatic carbocycles. The highest BCUT2D eigenvalue weighted by Gasteiger charge is 2.03. The van der Waals surface area contributed by atoms with Crippen molar-refractivity contribution in [3.05, 3.63) is 18.3 Å². The summed E-state index contributed by atoms with van der Waals surface area (Å²) in [6.07, 6.45) is 4.40. The van der Waals surface area contributed by atoms with Gasteiger partial charge in [-0.3, -0.25) is 4.79 Å². The van der Waals surface area contributed by atoms with Crippen molar-refractivity contribution in [3.8, 4) is 5.88 Å². The van der Waals surface area contributed by atoms with E-state index in [1.807, 2.05) is 0 Å². The van der Waals surface area contributed by atoms with E-state index in [1.54, 1.807) is 18.3 Å². The summed E-state index contributed by atoms with van der Waals surface area (Å²) in [5.74, 6) is 0.449. The van der Waals surface area contributed by atoms with Crippen LogP contribution >= 0.6 is 0 Å². The summed E-state index contributed by atoms with van der Waals surface area (Å²) in [5.41, 5.74) is 5.58. The number of ether oxygens (including phenoxy) is 1. The maximum absolute atomic E-state index is 11.6. The smallest absolute Gasteiger partial charge is 0.312 e. The third-order valence-electron chi connectivity index (χ3n) is 2.61. The molecular formula is C13H20N4O3.